The SMILES string of the molecule is [B]c1c(CC)[nH]c2c1C(=NCc1ccccc1OC)C(=C)C=C(Sc1cccnc1)N2. The van der Waals surface area contributed by atoms with Gasteiger partial charge in [-0.05, 0) is 36.3 Å². The average molecular weight is 426 g/mol. The number of ether oxygens (including phenoxy) is 1. The molecule has 1 aliphatic rings. The summed E-state index contributed by atoms with van der Waals surface area (Å²) >= 11 is 1.58. The minimum absolute atomic E-state index is 0.461. The van der Waals surface area contributed by atoms with Crippen LogP contribution in [0.5, 0.6) is 5.75 Å². The first-order valence-corrected chi connectivity index (χ1v) is 10.8. The van der Waals surface area contributed by atoms with Crippen LogP contribution in [0, 0.1) is 0 Å². The Balaban J connectivity index is 1.75. The lowest BCUT2D eigenvalue weighted by atomic mass is 9.87. The minimum Gasteiger partial charge on any atom is -0.496 e. The zero-order valence-electron chi connectivity index (χ0n) is 17.6. The Morgan fingerprint density at radius 3 is 2.81 bits per heavy atom. The smallest absolute Gasteiger partial charge is 0.123 e. The van der Waals surface area contributed by atoms with Gasteiger partial charge in [0, 0.05) is 34.1 Å². The van der Waals surface area contributed by atoms with Crippen LogP contribution >= 0.6 is 11.8 Å². The summed E-state index contributed by atoms with van der Waals surface area (Å²) < 4.78 is 5.48. The lowest BCUT2D eigenvalue weighted by molar-refractivity contribution is 0.410. The molecular formula is C24H23BN4OS. The summed E-state index contributed by atoms with van der Waals surface area (Å²) in [7, 11) is 8.19. The summed E-state index contributed by atoms with van der Waals surface area (Å²) in [6.45, 7) is 6.83. The Bertz CT molecular complexity index is 1170. The van der Waals surface area contributed by atoms with E-state index in [0.717, 1.165) is 56.0 Å². The Labute approximate surface area is 188 Å². The van der Waals surface area contributed by atoms with Gasteiger partial charge in [-0.2, -0.15) is 0 Å². The van der Waals surface area contributed by atoms with E-state index in [4.69, 9.17) is 17.6 Å². The quantitative estimate of drug-likeness (QED) is 0.575. The number of para-hydroxylation sites is 1. The number of aryl methyl sites for hydroxylation is 1. The molecule has 7 heteroatoms. The minimum atomic E-state index is 0.461. The van der Waals surface area contributed by atoms with Crippen molar-refractivity contribution in [3.63, 3.8) is 0 Å². The molecule has 1 aromatic carbocycles. The molecule has 0 saturated heterocycles. The third kappa shape index (κ3) is 4.46. The highest BCUT2D eigenvalue weighted by Crippen LogP contribution is 2.33. The molecule has 0 spiro atoms. The van der Waals surface area contributed by atoms with Crippen LogP contribution < -0.4 is 15.5 Å². The van der Waals surface area contributed by atoms with Crippen LogP contribution in [0.1, 0.15) is 23.7 Å². The van der Waals surface area contributed by atoms with Gasteiger partial charge >= 0.3 is 0 Å². The van der Waals surface area contributed by atoms with E-state index in [2.05, 4.69) is 28.8 Å². The number of aliphatic imine (C=N–C) groups is 1. The zero-order valence-corrected chi connectivity index (χ0v) is 18.4. The maximum absolute atomic E-state index is 6.52. The molecule has 5 nitrogen and oxygen atoms in total. The number of methoxy groups -OCH3 is 1. The van der Waals surface area contributed by atoms with Gasteiger partial charge in [0.25, 0.3) is 0 Å². The monoisotopic (exact) mass is 426 g/mol. The van der Waals surface area contributed by atoms with Crippen molar-refractivity contribution in [1.29, 1.82) is 0 Å². The Morgan fingerprint density at radius 1 is 1.23 bits per heavy atom. The third-order valence-electron chi connectivity index (χ3n) is 5.03. The van der Waals surface area contributed by atoms with Crippen molar-refractivity contribution in [3.05, 3.63) is 88.9 Å². The van der Waals surface area contributed by atoms with Gasteiger partial charge in [0.15, 0.2) is 0 Å². The van der Waals surface area contributed by atoms with Crippen molar-refractivity contribution >= 4 is 36.6 Å². The topological polar surface area (TPSA) is 62.3 Å². The van der Waals surface area contributed by atoms with Gasteiger partial charge in [-0.1, -0.05) is 48.9 Å². The molecule has 0 fully saturated rings. The van der Waals surface area contributed by atoms with Gasteiger partial charge in [-0.3, -0.25) is 9.98 Å². The van der Waals surface area contributed by atoms with E-state index in [-0.39, 0.29) is 0 Å². The number of fused-ring (bicyclic) bond motifs is 1. The van der Waals surface area contributed by atoms with E-state index in [0.29, 0.717) is 12.0 Å². The van der Waals surface area contributed by atoms with Crippen LogP contribution in [0.4, 0.5) is 5.82 Å². The molecule has 154 valence electrons. The van der Waals surface area contributed by atoms with Crippen LogP contribution in [0.15, 0.2) is 81.9 Å². The molecule has 2 radical (unpaired) electrons. The van der Waals surface area contributed by atoms with Crippen molar-refractivity contribution in [2.75, 3.05) is 12.4 Å². The van der Waals surface area contributed by atoms with Crippen LogP contribution in [-0.4, -0.2) is 30.6 Å². The first-order valence-electron chi connectivity index (χ1n) is 10.0. The molecule has 0 unspecified atom stereocenters. The number of hydrogen-bond donors (Lipinski definition) is 2. The fraction of sp³-hybridized carbons (Fsp3) is 0.167. The van der Waals surface area contributed by atoms with Crippen LogP contribution in [0.2, 0.25) is 0 Å². The van der Waals surface area contributed by atoms with E-state index in [9.17, 15) is 0 Å². The average Bonchev–Trinajstić information content (AvgIpc) is 3.02. The van der Waals surface area contributed by atoms with Crippen molar-refractivity contribution in [2.45, 2.75) is 24.8 Å². The molecule has 0 bridgehead atoms. The number of H-pyrrole nitrogens is 1. The second kappa shape index (κ2) is 9.31. The van der Waals surface area contributed by atoms with E-state index in [1.54, 1.807) is 25.1 Å². The van der Waals surface area contributed by atoms with E-state index in [1.807, 2.05) is 48.7 Å². The molecule has 4 rings (SSSR count). The molecular weight excluding hydrogens is 403 g/mol. The highest BCUT2D eigenvalue weighted by molar-refractivity contribution is 8.03. The molecule has 0 aliphatic carbocycles. The second-order valence-corrected chi connectivity index (χ2v) is 8.16. The molecule has 1 aliphatic heterocycles. The van der Waals surface area contributed by atoms with Crippen LogP contribution in [-0.2, 0) is 13.0 Å². The number of pyridine rings is 1. The fourth-order valence-corrected chi connectivity index (χ4v) is 4.37. The normalized spacial score (nSPS) is 14.6. The number of thioether (sulfide) groups is 1. The van der Waals surface area contributed by atoms with Crippen LogP contribution in [0.25, 0.3) is 0 Å². The Hall–Kier alpha value is -3.19. The summed E-state index contributed by atoms with van der Waals surface area (Å²) in [6, 6.07) is 11.8. The molecule has 3 heterocycles. The number of nitrogens with zero attached hydrogens (tertiary/aromatic N) is 2. The van der Waals surface area contributed by atoms with Gasteiger partial charge in [-0.15, -0.1) is 0 Å². The lowest BCUT2D eigenvalue weighted by Crippen LogP contribution is -2.17. The number of nitrogens with one attached hydrogen (secondary N) is 2. The maximum Gasteiger partial charge on any atom is 0.123 e. The largest absolute Gasteiger partial charge is 0.496 e. The zero-order chi connectivity index (χ0) is 21.8. The van der Waals surface area contributed by atoms with Gasteiger partial charge in [0.1, 0.15) is 19.4 Å². The van der Waals surface area contributed by atoms with Crippen molar-refractivity contribution < 1.29 is 4.74 Å². The number of hydrogen-bond acceptors (Lipinski definition) is 5. The van der Waals surface area contributed by atoms with E-state index >= 15 is 0 Å². The van der Waals surface area contributed by atoms with Crippen molar-refractivity contribution in [3.8, 4) is 5.75 Å². The summed E-state index contributed by atoms with van der Waals surface area (Å²) in [4.78, 5) is 13.6. The van der Waals surface area contributed by atoms with E-state index in [1.165, 1.54) is 0 Å². The predicted molar refractivity (Wildman–Crippen MR) is 130 cm³/mol. The highest BCUT2D eigenvalue weighted by atomic mass is 32.2. The first kappa shape index (κ1) is 21.1. The summed E-state index contributed by atoms with van der Waals surface area (Å²) in [5.74, 6) is 1.64. The Kier molecular flexibility index (Phi) is 6.32. The van der Waals surface area contributed by atoms with Gasteiger partial charge < -0.3 is 15.0 Å². The number of aromatic nitrogens is 2. The number of benzene rings is 1. The van der Waals surface area contributed by atoms with Crippen LogP contribution in [0.3, 0.4) is 0 Å². The number of rotatable bonds is 6. The molecule has 2 N–H and O–H groups in total. The maximum atomic E-state index is 6.52. The molecule has 3 aromatic rings. The van der Waals surface area contributed by atoms with Gasteiger partial charge in [-0.25, -0.2) is 0 Å². The number of allylic oxidation sites excluding steroid dienone is 2. The highest BCUT2D eigenvalue weighted by Gasteiger charge is 2.23. The molecule has 31 heavy (non-hydrogen) atoms. The Morgan fingerprint density at radius 2 is 2.06 bits per heavy atom. The summed E-state index contributed by atoms with van der Waals surface area (Å²) in [6.07, 6.45) is 6.38. The van der Waals surface area contributed by atoms with Crippen molar-refractivity contribution in [1.82, 2.24) is 9.97 Å². The standard InChI is InChI=1S/C24H23BN4OS/c1-4-18-22(25)21-23(27-13-16-8-5-6-10-19(16)30-3)15(2)12-20(29-24(21)28-18)31-17-9-7-11-26-14-17/h5-12,14,28-29H,2,4,13H2,1,3H3. The summed E-state index contributed by atoms with van der Waals surface area (Å²) in [5.41, 5.74) is 5.09. The second-order valence-electron chi connectivity index (χ2n) is 7.05. The third-order valence-corrected chi connectivity index (χ3v) is 5.95. The summed E-state index contributed by atoms with van der Waals surface area (Å²) in [5, 5.41) is 4.40. The van der Waals surface area contributed by atoms with Gasteiger partial charge in [0.2, 0.25) is 0 Å². The molecule has 0 amide bonds. The predicted octanol–water partition coefficient (Wildman–Crippen LogP) is 4.38. The van der Waals surface area contributed by atoms with Crippen molar-refractivity contribution in [2.24, 2.45) is 4.99 Å². The molecule has 2 aromatic heterocycles. The molecule has 0 atom stereocenters. The van der Waals surface area contributed by atoms with Gasteiger partial charge in [0.05, 0.1) is 24.4 Å². The fourth-order valence-electron chi connectivity index (χ4n) is 3.50. The number of aromatic amines is 1. The number of anilines is 1. The lowest BCUT2D eigenvalue weighted by Gasteiger charge is -2.10. The first-order chi connectivity index (χ1) is 15.1. The molecule has 0 saturated carbocycles. The van der Waals surface area contributed by atoms with E-state index < -0.39 is 0 Å².